The molecule has 0 heterocycles. The lowest BCUT2D eigenvalue weighted by Gasteiger charge is -2.15. The van der Waals surface area contributed by atoms with Gasteiger partial charge in [0.2, 0.25) is 0 Å². The van der Waals surface area contributed by atoms with Crippen LogP contribution in [0.1, 0.15) is 11.7 Å². The van der Waals surface area contributed by atoms with Gasteiger partial charge in [-0.3, -0.25) is 0 Å². The van der Waals surface area contributed by atoms with E-state index in [9.17, 15) is 5.11 Å². The molecule has 0 aliphatic heterocycles. The largest absolute Gasteiger partial charge is 0.496 e. The Morgan fingerprint density at radius 1 is 1.05 bits per heavy atom. The van der Waals surface area contributed by atoms with Gasteiger partial charge in [-0.1, -0.05) is 30.3 Å². The highest BCUT2D eigenvalue weighted by atomic mass is 79.9. The Morgan fingerprint density at radius 2 is 1.65 bits per heavy atom. The Bertz CT molecular complexity index is 573. The summed E-state index contributed by atoms with van der Waals surface area (Å²) in [5.74, 6) is 1.36. The molecule has 1 atom stereocenters. The number of benzene rings is 2. The summed E-state index contributed by atoms with van der Waals surface area (Å²) in [6, 6.07) is 13.0. The van der Waals surface area contributed by atoms with Gasteiger partial charge in [-0.2, -0.15) is 0 Å². The van der Waals surface area contributed by atoms with Crippen molar-refractivity contribution in [2.24, 2.45) is 0 Å². The molecule has 0 fully saturated rings. The van der Waals surface area contributed by atoms with Crippen molar-refractivity contribution in [3.8, 4) is 11.5 Å². The van der Waals surface area contributed by atoms with Crippen LogP contribution in [0.3, 0.4) is 0 Å². The number of aliphatic hydroxyl groups excluding tert-OH is 1. The number of ether oxygens (including phenoxy) is 2. The van der Waals surface area contributed by atoms with E-state index in [1.807, 2.05) is 36.4 Å². The number of hydrogen-bond donors (Lipinski definition) is 1. The summed E-state index contributed by atoms with van der Waals surface area (Å²) in [6.07, 6.45) is -0.663. The Labute approximate surface area is 134 Å². The lowest BCUT2D eigenvalue weighted by atomic mass is 10.1. The van der Waals surface area contributed by atoms with Gasteiger partial charge in [0.15, 0.2) is 0 Å². The van der Waals surface area contributed by atoms with Crippen LogP contribution in [0.2, 0.25) is 0 Å². The van der Waals surface area contributed by atoms with E-state index in [0.29, 0.717) is 11.5 Å². The molecule has 20 heavy (non-hydrogen) atoms. The first-order valence-corrected chi connectivity index (χ1v) is 7.59. The maximum Gasteiger partial charge on any atom is 0.135 e. The second kappa shape index (κ2) is 7.11. The quantitative estimate of drug-likeness (QED) is 0.810. The molecule has 0 aromatic heterocycles. The van der Waals surface area contributed by atoms with E-state index in [-0.39, 0.29) is 6.61 Å². The number of aliphatic hydroxyl groups is 1. The predicted molar refractivity (Wildman–Crippen MR) is 85.3 cm³/mol. The lowest BCUT2D eigenvalue weighted by molar-refractivity contribution is 0.107. The molecule has 5 heteroatoms. The third-order valence-electron chi connectivity index (χ3n) is 2.79. The molecular formula is C15H14Br2O3. The Hall–Kier alpha value is -1.04. The third kappa shape index (κ3) is 3.75. The van der Waals surface area contributed by atoms with E-state index >= 15 is 0 Å². The van der Waals surface area contributed by atoms with Crippen LogP contribution < -0.4 is 9.47 Å². The molecule has 2 aromatic rings. The Morgan fingerprint density at radius 3 is 2.30 bits per heavy atom. The van der Waals surface area contributed by atoms with Crippen LogP contribution in [0.4, 0.5) is 0 Å². The van der Waals surface area contributed by atoms with Gasteiger partial charge >= 0.3 is 0 Å². The minimum absolute atomic E-state index is 0.182. The van der Waals surface area contributed by atoms with E-state index in [4.69, 9.17) is 9.47 Å². The van der Waals surface area contributed by atoms with Crippen LogP contribution in [0, 0.1) is 0 Å². The monoisotopic (exact) mass is 400 g/mol. The van der Waals surface area contributed by atoms with Crippen molar-refractivity contribution >= 4 is 31.9 Å². The summed E-state index contributed by atoms with van der Waals surface area (Å²) in [7, 11) is 1.60. The van der Waals surface area contributed by atoms with Crippen molar-refractivity contribution in [1.29, 1.82) is 0 Å². The fourth-order valence-corrected chi connectivity index (χ4v) is 2.64. The smallest absolute Gasteiger partial charge is 0.135 e. The summed E-state index contributed by atoms with van der Waals surface area (Å²) in [5.41, 5.74) is 0.830. The van der Waals surface area contributed by atoms with Gasteiger partial charge in [0.25, 0.3) is 0 Å². The fourth-order valence-electron chi connectivity index (χ4n) is 1.72. The summed E-state index contributed by atoms with van der Waals surface area (Å²) in [5, 5.41) is 10.1. The van der Waals surface area contributed by atoms with E-state index in [1.54, 1.807) is 13.2 Å². The summed E-state index contributed by atoms with van der Waals surface area (Å²) in [6.45, 7) is 0.182. The minimum Gasteiger partial charge on any atom is -0.496 e. The van der Waals surface area contributed by atoms with Crippen LogP contribution in [0.5, 0.6) is 11.5 Å². The molecule has 2 rings (SSSR count). The van der Waals surface area contributed by atoms with Crippen LogP contribution in [0.25, 0.3) is 0 Å². The number of methoxy groups -OCH3 is 1. The molecule has 3 nitrogen and oxygen atoms in total. The van der Waals surface area contributed by atoms with Crippen molar-refractivity contribution in [2.75, 3.05) is 13.7 Å². The molecule has 0 radical (unpaired) electrons. The molecule has 0 spiro atoms. The molecule has 0 amide bonds. The van der Waals surface area contributed by atoms with Crippen molar-refractivity contribution < 1.29 is 14.6 Å². The maximum atomic E-state index is 10.1. The molecular weight excluding hydrogens is 388 g/mol. The SMILES string of the molecule is COc1cc(Br)c(OCC(O)c2ccccc2)cc1Br. The first-order valence-electron chi connectivity index (χ1n) is 6.00. The second-order valence-corrected chi connectivity index (χ2v) is 5.86. The first kappa shape index (κ1) is 15.4. The van der Waals surface area contributed by atoms with Crippen LogP contribution in [-0.4, -0.2) is 18.8 Å². The van der Waals surface area contributed by atoms with Gasteiger partial charge in [0, 0.05) is 0 Å². The van der Waals surface area contributed by atoms with E-state index in [1.165, 1.54) is 0 Å². The van der Waals surface area contributed by atoms with Crippen molar-refractivity contribution in [2.45, 2.75) is 6.10 Å². The lowest BCUT2D eigenvalue weighted by Crippen LogP contribution is -2.09. The maximum absolute atomic E-state index is 10.1. The molecule has 1 N–H and O–H groups in total. The van der Waals surface area contributed by atoms with Crippen LogP contribution in [0.15, 0.2) is 51.4 Å². The number of rotatable bonds is 5. The minimum atomic E-state index is -0.663. The fraction of sp³-hybridized carbons (Fsp3) is 0.200. The highest BCUT2D eigenvalue weighted by Gasteiger charge is 2.12. The average molecular weight is 402 g/mol. The predicted octanol–water partition coefficient (Wildman–Crippen LogP) is 4.33. The normalized spacial score (nSPS) is 12.0. The van der Waals surface area contributed by atoms with E-state index in [0.717, 1.165) is 14.5 Å². The van der Waals surface area contributed by atoms with Gasteiger partial charge in [-0.15, -0.1) is 0 Å². The Kier molecular flexibility index (Phi) is 5.46. The zero-order valence-electron chi connectivity index (χ0n) is 10.8. The molecule has 0 aliphatic rings. The van der Waals surface area contributed by atoms with Gasteiger partial charge < -0.3 is 14.6 Å². The zero-order chi connectivity index (χ0) is 14.5. The molecule has 106 valence electrons. The first-order chi connectivity index (χ1) is 9.61. The van der Waals surface area contributed by atoms with Gasteiger partial charge in [-0.25, -0.2) is 0 Å². The van der Waals surface area contributed by atoms with Crippen LogP contribution >= 0.6 is 31.9 Å². The van der Waals surface area contributed by atoms with Gasteiger partial charge in [-0.05, 0) is 49.6 Å². The van der Waals surface area contributed by atoms with Crippen molar-refractivity contribution in [1.82, 2.24) is 0 Å². The second-order valence-electron chi connectivity index (χ2n) is 4.15. The van der Waals surface area contributed by atoms with Crippen molar-refractivity contribution in [3.63, 3.8) is 0 Å². The molecule has 2 aromatic carbocycles. The topological polar surface area (TPSA) is 38.7 Å². The molecule has 0 saturated heterocycles. The molecule has 0 aliphatic carbocycles. The highest BCUT2D eigenvalue weighted by molar-refractivity contribution is 9.11. The van der Waals surface area contributed by atoms with Crippen LogP contribution in [-0.2, 0) is 0 Å². The summed E-state index contributed by atoms with van der Waals surface area (Å²) >= 11 is 6.83. The summed E-state index contributed by atoms with van der Waals surface area (Å²) < 4.78 is 12.4. The standard InChI is InChI=1S/C15H14Br2O3/c1-19-14-7-12(17)15(8-11(14)16)20-9-13(18)10-5-3-2-4-6-10/h2-8,13,18H,9H2,1H3. The Balaban J connectivity index is 2.06. The molecule has 0 saturated carbocycles. The molecule has 0 bridgehead atoms. The highest BCUT2D eigenvalue weighted by Crippen LogP contribution is 2.36. The zero-order valence-corrected chi connectivity index (χ0v) is 14.0. The third-order valence-corrected chi connectivity index (χ3v) is 4.03. The average Bonchev–Trinajstić information content (AvgIpc) is 2.48. The van der Waals surface area contributed by atoms with Gasteiger partial charge in [0.05, 0.1) is 16.1 Å². The number of halogens is 2. The number of hydrogen-bond acceptors (Lipinski definition) is 3. The molecule has 1 unspecified atom stereocenters. The van der Waals surface area contributed by atoms with E-state index in [2.05, 4.69) is 31.9 Å². The van der Waals surface area contributed by atoms with E-state index < -0.39 is 6.10 Å². The van der Waals surface area contributed by atoms with Crippen molar-refractivity contribution in [3.05, 3.63) is 57.0 Å². The van der Waals surface area contributed by atoms with Gasteiger partial charge in [0.1, 0.15) is 24.2 Å². The summed E-state index contributed by atoms with van der Waals surface area (Å²) in [4.78, 5) is 0.